The maximum absolute atomic E-state index is 12.0. The number of carbonyl (C=O) groups is 1. The van der Waals surface area contributed by atoms with Crippen molar-refractivity contribution in [1.29, 1.82) is 0 Å². The Morgan fingerprint density at radius 2 is 2.23 bits per heavy atom. The molecule has 3 aromatic heterocycles. The average Bonchev–Trinajstić information content (AvgIpc) is 3.16. The molecule has 0 saturated heterocycles. The molecule has 0 aromatic carbocycles. The number of thiazole rings is 1. The summed E-state index contributed by atoms with van der Waals surface area (Å²) in [5.74, 6) is 1.05. The maximum atomic E-state index is 12.0. The third-order valence-electron chi connectivity index (χ3n) is 2.86. The summed E-state index contributed by atoms with van der Waals surface area (Å²) in [6.45, 7) is 2.21. The number of thiophene rings is 1. The Bertz CT molecular complexity index is 823. The molecular weight excluding hydrogens is 363 g/mol. The molecule has 0 saturated carbocycles. The number of furan rings is 1. The van der Waals surface area contributed by atoms with Crippen LogP contribution in [0.5, 0.6) is 0 Å². The summed E-state index contributed by atoms with van der Waals surface area (Å²) in [6.07, 6.45) is 0. The molecule has 1 amide bonds. The van der Waals surface area contributed by atoms with Crippen LogP contribution in [0.15, 0.2) is 28.0 Å². The zero-order chi connectivity index (χ0) is 15.7. The van der Waals surface area contributed by atoms with E-state index in [0.717, 1.165) is 22.0 Å². The highest BCUT2D eigenvalue weighted by Gasteiger charge is 2.15. The van der Waals surface area contributed by atoms with E-state index in [1.807, 2.05) is 24.4 Å². The van der Waals surface area contributed by atoms with Crippen molar-refractivity contribution >= 4 is 51.8 Å². The molecule has 0 radical (unpaired) electrons. The lowest BCUT2D eigenvalue weighted by molar-refractivity contribution is 0.0948. The normalized spacial score (nSPS) is 10.9. The molecule has 1 N–H and O–H groups in total. The molecule has 114 valence electrons. The van der Waals surface area contributed by atoms with Gasteiger partial charge in [-0.3, -0.25) is 4.79 Å². The number of carbonyl (C=O) groups excluding carboxylic acids is 1. The van der Waals surface area contributed by atoms with Crippen LogP contribution in [-0.2, 0) is 6.54 Å². The monoisotopic (exact) mass is 372 g/mol. The van der Waals surface area contributed by atoms with Gasteiger partial charge in [-0.1, -0.05) is 23.2 Å². The first-order chi connectivity index (χ1) is 10.5. The highest BCUT2D eigenvalue weighted by Crippen LogP contribution is 2.31. The van der Waals surface area contributed by atoms with E-state index >= 15 is 0 Å². The van der Waals surface area contributed by atoms with Crippen LogP contribution in [0.3, 0.4) is 0 Å². The van der Waals surface area contributed by atoms with Gasteiger partial charge in [-0.05, 0) is 25.1 Å². The summed E-state index contributed by atoms with van der Waals surface area (Å²) in [5, 5.41) is 5.66. The van der Waals surface area contributed by atoms with Gasteiger partial charge in [0.2, 0.25) is 0 Å². The first kappa shape index (κ1) is 15.6. The van der Waals surface area contributed by atoms with Crippen LogP contribution in [0.2, 0.25) is 8.67 Å². The van der Waals surface area contributed by atoms with Crippen molar-refractivity contribution < 1.29 is 9.21 Å². The lowest BCUT2D eigenvalue weighted by Gasteiger charge is -2.01. The minimum absolute atomic E-state index is 0.270. The molecule has 0 aliphatic carbocycles. The number of rotatable bonds is 4. The fourth-order valence-electron chi connectivity index (χ4n) is 1.84. The number of nitrogens with one attached hydrogen (secondary N) is 1. The highest BCUT2D eigenvalue weighted by molar-refractivity contribution is 7.20. The van der Waals surface area contributed by atoms with Gasteiger partial charge in [-0.25, -0.2) is 4.98 Å². The first-order valence-electron chi connectivity index (χ1n) is 6.27. The van der Waals surface area contributed by atoms with E-state index in [0.29, 0.717) is 25.8 Å². The second-order valence-corrected chi connectivity index (χ2v) is 7.79. The van der Waals surface area contributed by atoms with Crippen LogP contribution in [0, 0.1) is 6.92 Å². The van der Waals surface area contributed by atoms with Gasteiger partial charge in [0.1, 0.15) is 15.8 Å². The summed E-state index contributed by atoms with van der Waals surface area (Å²) in [7, 11) is 0. The van der Waals surface area contributed by atoms with Crippen LogP contribution in [0.4, 0.5) is 0 Å². The molecule has 22 heavy (non-hydrogen) atoms. The summed E-state index contributed by atoms with van der Waals surface area (Å²) in [6, 6.07) is 5.20. The van der Waals surface area contributed by atoms with Gasteiger partial charge < -0.3 is 9.73 Å². The van der Waals surface area contributed by atoms with Crippen LogP contribution in [0.25, 0.3) is 11.5 Å². The van der Waals surface area contributed by atoms with E-state index in [1.54, 1.807) is 17.4 Å². The van der Waals surface area contributed by atoms with Crippen LogP contribution in [0.1, 0.15) is 21.1 Å². The maximum Gasteiger partial charge on any atom is 0.254 e. The Morgan fingerprint density at radius 3 is 2.86 bits per heavy atom. The molecule has 3 heterocycles. The van der Waals surface area contributed by atoms with Crippen molar-refractivity contribution in [3.8, 4) is 11.5 Å². The molecule has 3 rings (SSSR count). The van der Waals surface area contributed by atoms with Gasteiger partial charge in [0.05, 0.1) is 21.5 Å². The van der Waals surface area contributed by atoms with E-state index < -0.39 is 0 Å². The summed E-state index contributed by atoms with van der Waals surface area (Å²) in [4.78, 5) is 16.4. The molecular formula is C14H10Cl2N2O2S2. The predicted octanol–water partition coefficient (Wildman–Crippen LogP) is 5.01. The fourth-order valence-corrected chi connectivity index (χ4v) is 3.91. The molecule has 0 aliphatic rings. The smallest absolute Gasteiger partial charge is 0.254 e. The third kappa shape index (κ3) is 3.35. The zero-order valence-electron chi connectivity index (χ0n) is 11.4. The Hall–Kier alpha value is -1.34. The van der Waals surface area contributed by atoms with E-state index in [4.69, 9.17) is 27.6 Å². The highest BCUT2D eigenvalue weighted by atomic mass is 35.5. The molecule has 0 unspecified atom stereocenters. The van der Waals surface area contributed by atoms with Crippen LogP contribution >= 0.6 is 45.9 Å². The lowest BCUT2D eigenvalue weighted by atomic mass is 10.3. The van der Waals surface area contributed by atoms with Crippen molar-refractivity contribution in [3.05, 3.63) is 48.6 Å². The quantitative estimate of drug-likeness (QED) is 0.699. The molecule has 0 spiro atoms. The van der Waals surface area contributed by atoms with E-state index in [2.05, 4.69) is 10.3 Å². The Morgan fingerprint density at radius 1 is 1.41 bits per heavy atom. The number of hydrogen-bond acceptors (Lipinski definition) is 5. The lowest BCUT2D eigenvalue weighted by Crippen LogP contribution is -2.22. The van der Waals surface area contributed by atoms with Crippen molar-refractivity contribution in [1.82, 2.24) is 10.3 Å². The molecule has 0 aliphatic heterocycles. The van der Waals surface area contributed by atoms with Crippen molar-refractivity contribution in [2.24, 2.45) is 0 Å². The average molecular weight is 373 g/mol. The second kappa shape index (κ2) is 6.42. The first-order valence-corrected chi connectivity index (χ1v) is 8.72. The van der Waals surface area contributed by atoms with Gasteiger partial charge in [0, 0.05) is 5.38 Å². The minimum atomic E-state index is -0.282. The molecule has 0 bridgehead atoms. The second-order valence-electron chi connectivity index (χ2n) is 4.44. The standard InChI is InChI=1S/C14H10Cl2N2O2S2/c1-7-18-10(6-21-7)11-3-2-8(20-11)5-17-14(19)9-4-12(15)22-13(9)16/h2-4,6H,5H2,1H3,(H,17,19). The third-order valence-corrected chi connectivity index (χ3v) is 5.12. The van der Waals surface area contributed by atoms with Crippen LogP contribution < -0.4 is 5.32 Å². The summed E-state index contributed by atoms with van der Waals surface area (Å²) >= 11 is 14.5. The van der Waals surface area contributed by atoms with E-state index in [-0.39, 0.29) is 12.5 Å². The summed E-state index contributed by atoms with van der Waals surface area (Å²) < 4.78 is 6.53. The van der Waals surface area contributed by atoms with Gasteiger partial charge >= 0.3 is 0 Å². The largest absolute Gasteiger partial charge is 0.458 e. The van der Waals surface area contributed by atoms with Crippen molar-refractivity contribution in [3.63, 3.8) is 0 Å². The van der Waals surface area contributed by atoms with Gasteiger partial charge in [-0.2, -0.15) is 0 Å². The molecule has 4 nitrogen and oxygen atoms in total. The van der Waals surface area contributed by atoms with Crippen molar-refractivity contribution in [2.75, 3.05) is 0 Å². The SMILES string of the molecule is Cc1nc(-c2ccc(CNC(=O)c3cc(Cl)sc3Cl)o2)cs1. The molecule has 0 fully saturated rings. The number of hydrogen-bond donors (Lipinski definition) is 1. The number of aromatic nitrogens is 1. The zero-order valence-corrected chi connectivity index (χ0v) is 14.5. The Balaban J connectivity index is 1.66. The van der Waals surface area contributed by atoms with Gasteiger partial charge in [-0.15, -0.1) is 22.7 Å². The Labute approximate surface area is 144 Å². The molecule has 0 atom stereocenters. The summed E-state index contributed by atoms with van der Waals surface area (Å²) in [5.41, 5.74) is 1.17. The van der Waals surface area contributed by atoms with Gasteiger partial charge in [0.15, 0.2) is 5.76 Å². The van der Waals surface area contributed by atoms with E-state index in [1.165, 1.54) is 0 Å². The number of aryl methyl sites for hydroxylation is 1. The fraction of sp³-hybridized carbons (Fsp3) is 0.143. The minimum Gasteiger partial charge on any atom is -0.458 e. The number of amides is 1. The van der Waals surface area contributed by atoms with Crippen LogP contribution in [-0.4, -0.2) is 10.9 Å². The van der Waals surface area contributed by atoms with Crippen molar-refractivity contribution in [2.45, 2.75) is 13.5 Å². The topological polar surface area (TPSA) is 55.1 Å². The van der Waals surface area contributed by atoms with Gasteiger partial charge in [0.25, 0.3) is 5.91 Å². The Kier molecular flexibility index (Phi) is 4.54. The van der Waals surface area contributed by atoms with E-state index in [9.17, 15) is 4.79 Å². The molecule has 3 aromatic rings. The molecule has 8 heteroatoms. The predicted molar refractivity (Wildman–Crippen MR) is 90.1 cm³/mol. The number of halogens is 2. The number of nitrogens with zero attached hydrogens (tertiary/aromatic N) is 1.